The number of aliphatic carboxylic acids is 2. The van der Waals surface area contributed by atoms with Crippen molar-refractivity contribution in [2.45, 2.75) is 31.2 Å². The molecule has 0 amide bonds. The topological polar surface area (TPSA) is 86.6 Å². The molecule has 0 bridgehead atoms. The zero-order valence-electron chi connectivity index (χ0n) is 11.9. The van der Waals surface area contributed by atoms with Gasteiger partial charge in [-0.3, -0.25) is 9.59 Å². The molecule has 3 N–H and O–H groups in total. The highest BCUT2D eigenvalue weighted by Crippen LogP contribution is 2.14. The third kappa shape index (κ3) is 2.20. The lowest BCUT2D eigenvalue weighted by Gasteiger charge is -2.07. The molecule has 0 radical (unpaired) electrons. The summed E-state index contributed by atoms with van der Waals surface area (Å²) in [6.07, 6.45) is -7.62. The number of hydrogen-bond acceptors (Lipinski definition) is 3. The fraction of sp³-hybridized carbons (Fsp3) is 0.714. The maximum Gasteiger partial charge on any atom is 0.320 e. The van der Waals surface area contributed by atoms with Gasteiger partial charge in [0.2, 0.25) is 0 Å². The molecule has 0 saturated carbocycles. The quantitative estimate of drug-likeness (QED) is 0.552. The van der Waals surface area contributed by atoms with Gasteiger partial charge in [0.05, 0.1) is 7.79 Å². The van der Waals surface area contributed by atoms with Crippen LogP contribution in [0.25, 0.3) is 0 Å². The molecular formula is C7H11NO4. The van der Waals surface area contributed by atoms with Gasteiger partial charge in [0.25, 0.3) is 0 Å². The van der Waals surface area contributed by atoms with E-state index in [0.717, 1.165) is 0 Å². The zero-order chi connectivity index (χ0) is 14.6. The highest BCUT2D eigenvalue weighted by molar-refractivity contribution is 5.74. The van der Waals surface area contributed by atoms with E-state index in [1.165, 1.54) is 0 Å². The second-order valence-electron chi connectivity index (χ2n) is 2.10. The van der Waals surface area contributed by atoms with Crippen LogP contribution in [0.2, 0.25) is 0 Å². The molecule has 0 aromatic rings. The van der Waals surface area contributed by atoms with Crippen LogP contribution < -0.4 is 5.32 Å². The first-order valence-electron chi connectivity index (χ1n) is 6.06. The van der Waals surface area contributed by atoms with Crippen molar-refractivity contribution in [3.63, 3.8) is 0 Å². The highest BCUT2D eigenvalue weighted by atomic mass is 16.4. The van der Waals surface area contributed by atoms with Gasteiger partial charge in [0.15, 0.2) is 0 Å². The van der Waals surface area contributed by atoms with Crippen LogP contribution in [0.5, 0.6) is 0 Å². The predicted octanol–water partition coefficient (Wildman–Crippen LogP) is -0.334. The first-order chi connectivity index (χ1) is 7.82. The molecule has 1 rings (SSSR count). The summed E-state index contributed by atoms with van der Waals surface area (Å²) in [6.45, 7) is 0. The lowest BCUT2D eigenvalue weighted by atomic mass is 10.1. The summed E-state index contributed by atoms with van der Waals surface area (Å²) in [7, 11) is 0. The molecule has 1 saturated heterocycles. The minimum atomic E-state index is -3.27. The van der Waals surface area contributed by atoms with Crippen molar-refractivity contribution in [2.24, 2.45) is 0 Å². The van der Waals surface area contributed by atoms with Gasteiger partial charge in [0.1, 0.15) is 6.02 Å². The summed E-state index contributed by atoms with van der Waals surface area (Å²) in [5.41, 5.74) is 0. The van der Waals surface area contributed by atoms with E-state index in [2.05, 4.69) is 0 Å². The average Bonchev–Trinajstić information content (AvgIpc) is 2.23. The summed E-state index contributed by atoms with van der Waals surface area (Å²) >= 11 is 0. The zero-order valence-corrected chi connectivity index (χ0v) is 5.92. The minimum absolute atomic E-state index is 1.17. The molecule has 0 aromatic heterocycles. The Hall–Kier alpha value is -1.10. The second-order valence-corrected chi connectivity index (χ2v) is 2.10. The van der Waals surface area contributed by atoms with E-state index in [-0.39, 0.29) is 0 Å². The molecule has 1 heterocycles. The van der Waals surface area contributed by atoms with Crippen molar-refractivity contribution in [1.82, 2.24) is 5.32 Å². The lowest BCUT2D eigenvalue weighted by molar-refractivity contribution is -0.140. The van der Waals surface area contributed by atoms with E-state index in [9.17, 15) is 9.59 Å². The third-order valence-electron chi connectivity index (χ3n) is 1.16. The van der Waals surface area contributed by atoms with Crippen LogP contribution >= 0.6 is 0 Å². The molecule has 1 aliphatic rings. The molecule has 0 unspecified atom stereocenters. The van der Waals surface area contributed by atoms with Crippen LogP contribution in [0.15, 0.2) is 0 Å². The van der Waals surface area contributed by atoms with Gasteiger partial charge in [-0.15, -0.1) is 0 Å². The Balaban J connectivity index is 3.38. The Kier molecular flexibility index (Phi) is 1.10. The van der Waals surface area contributed by atoms with Crippen molar-refractivity contribution in [3.05, 3.63) is 0 Å². The fourth-order valence-corrected chi connectivity index (χ4v) is 0.698. The fourth-order valence-electron chi connectivity index (χ4n) is 0.698. The Morgan fingerprint density at radius 1 is 1.58 bits per heavy atom. The van der Waals surface area contributed by atoms with Gasteiger partial charge in [-0.2, -0.15) is 0 Å². The monoisotopic (exact) mass is 179 g/mol. The molecule has 12 heavy (non-hydrogen) atoms. The number of rotatable bonds is 3. The Morgan fingerprint density at radius 3 is 2.67 bits per heavy atom. The first-order valence-corrected chi connectivity index (χ1v) is 3.06. The van der Waals surface area contributed by atoms with E-state index in [0.29, 0.717) is 0 Å². The maximum atomic E-state index is 10.9. The number of nitrogens with one attached hydrogen (secondary N) is 1. The Labute approximate surface area is 77.8 Å². The number of carbonyl (C=O) groups is 2. The Morgan fingerprint density at radius 2 is 2.25 bits per heavy atom. The molecule has 1 fully saturated rings. The normalized spacial score (nSPS) is 56.7. The molecule has 0 aliphatic carbocycles. The van der Waals surface area contributed by atoms with Crippen LogP contribution in [-0.4, -0.2) is 34.2 Å². The molecule has 68 valence electrons. The van der Waals surface area contributed by atoms with Crippen LogP contribution in [0.3, 0.4) is 0 Å². The van der Waals surface area contributed by atoms with Crippen molar-refractivity contribution in [3.8, 4) is 0 Å². The molecule has 5 nitrogen and oxygen atoms in total. The third-order valence-corrected chi connectivity index (χ3v) is 1.16. The van der Waals surface area contributed by atoms with Crippen LogP contribution in [0.4, 0.5) is 0 Å². The van der Waals surface area contributed by atoms with Crippen LogP contribution in [-0.2, 0) is 9.59 Å². The molecule has 0 spiro atoms. The van der Waals surface area contributed by atoms with Crippen LogP contribution in [0.1, 0.15) is 27.4 Å². The summed E-state index contributed by atoms with van der Waals surface area (Å²) in [4.78, 5) is 21.5. The molecular weight excluding hydrogens is 162 g/mol. The summed E-state index contributed by atoms with van der Waals surface area (Å²) < 4.78 is 44.9. The summed E-state index contributed by atoms with van der Waals surface area (Å²) in [6, 6.07) is -5.88. The first kappa shape index (κ1) is 3.74. The van der Waals surface area contributed by atoms with Gasteiger partial charge >= 0.3 is 11.9 Å². The molecule has 0 aromatic carbocycles. The smallest absolute Gasteiger partial charge is 0.320 e. The van der Waals surface area contributed by atoms with Gasteiger partial charge in [-0.25, -0.2) is 0 Å². The van der Waals surface area contributed by atoms with Crippen LogP contribution in [0, 0.1) is 0 Å². The van der Waals surface area contributed by atoms with Gasteiger partial charge in [0, 0.05) is 12.9 Å². The van der Waals surface area contributed by atoms with E-state index in [1.807, 2.05) is 0 Å². The van der Waals surface area contributed by atoms with Crippen molar-refractivity contribution in [1.29, 1.82) is 0 Å². The van der Waals surface area contributed by atoms with Crippen molar-refractivity contribution >= 4 is 11.9 Å². The lowest BCUT2D eigenvalue weighted by Crippen LogP contribution is -2.36. The molecule has 1 aliphatic heterocycles. The predicted molar refractivity (Wildman–Crippen MR) is 39.8 cm³/mol. The van der Waals surface area contributed by atoms with E-state index in [4.69, 9.17) is 18.4 Å². The van der Waals surface area contributed by atoms with Gasteiger partial charge in [-0.1, -0.05) is 0 Å². The van der Waals surface area contributed by atoms with E-state index < -0.39 is 43.1 Å². The number of hydrogen-bond donors (Lipinski definition) is 3. The van der Waals surface area contributed by atoms with Gasteiger partial charge < -0.3 is 15.5 Å². The van der Waals surface area contributed by atoms with E-state index >= 15 is 0 Å². The van der Waals surface area contributed by atoms with Crippen molar-refractivity contribution in [2.75, 3.05) is 0 Å². The van der Waals surface area contributed by atoms with E-state index in [1.54, 1.807) is 5.32 Å². The summed E-state index contributed by atoms with van der Waals surface area (Å²) in [5, 5.41) is 19.1. The van der Waals surface area contributed by atoms with Crippen molar-refractivity contribution < 1.29 is 28.0 Å². The largest absolute Gasteiger partial charge is 0.481 e. The molecule has 2 atom stereocenters. The standard InChI is InChI=1S/C7H11NO4/c9-6(10)3-4-1-2-5(8-4)7(11)12/h4-5,8H,1-3H2,(H,9,10)(H,11,12)/t4-,5-/m0/s1/i1D2,2D2,4D,5D. The second kappa shape index (κ2) is 3.53. The average molecular weight is 179 g/mol. The summed E-state index contributed by atoms with van der Waals surface area (Å²) in [5.74, 6) is -3.62. The molecule has 5 heteroatoms. The number of carboxylic acid groups (broad SMARTS) is 2. The van der Waals surface area contributed by atoms with Gasteiger partial charge in [-0.05, 0) is 12.7 Å². The maximum absolute atomic E-state index is 10.9. The SMILES string of the molecule is [2H]C1([2H])C([2H])([2H])[C@@]([2H])(C(=O)O)N[C@]1([2H])CC(=O)O. The highest BCUT2D eigenvalue weighted by Gasteiger charge is 2.29. The minimum Gasteiger partial charge on any atom is -0.481 e. The Bertz CT molecular complexity index is 415. The number of carboxylic acids is 2.